The summed E-state index contributed by atoms with van der Waals surface area (Å²) in [5.74, 6) is -1.47. The van der Waals surface area contributed by atoms with Crippen LogP contribution in [-0.4, -0.2) is 23.0 Å². The van der Waals surface area contributed by atoms with Crippen LogP contribution in [0.2, 0.25) is 0 Å². The molecule has 0 spiro atoms. The van der Waals surface area contributed by atoms with Crippen molar-refractivity contribution in [2.75, 3.05) is 5.32 Å². The van der Waals surface area contributed by atoms with Crippen LogP contribution in [0.3, 0.4) is 0 Å². The molecule has 0 aliphatic heterocycles. The van der Waals surface area contributed by atoms with Crippen LogP contribution in [-0.2, 0) is 4.79 Å². The third-order valence-corrected chi connectivity index (χ3v) is 3.36. The van der Waals surface area contributed by atoms with E-state index in [9.17, 15) is 9.59 Å². The predicted molar refractivity (Wildman–Crippen MR) is 77.2 cm³/mol. The molecule has 0 heterocycles. The Kier molecular flexibility index (Phi) is 5.98. The Morgan fingerprint density at radius 3 is 2.74 bits per heavy atom. The monoisotopic (exact) mass is 328 g/mol. The highest BCUT2D eigenvalue weighted by molar-refractivity contribution is 9.10. The minimum atomic E-state index is -1.10. The van der Waals surface area contributed by atoms with Crippen LogP contribution in [0.25, 0.3) is 0 Å². The van der Waals surface area contributed by atoms with Gasteiger partial charge in [-0.15, -0.1) is 0 Å². The molecule has 19 heavy (non-hydrogen) atoms. The standard InChI is InChI=1S/C13H17BrN2O3/c1-2-3-7-10(15)12(17)16-11-8(13(18)19)5-4-6-9(11)14/h4-6,10H,2-3,7,15H2,1H3,(H,16,17)(H,18,19). The van der Waals surface area contributed by atoms with Crippen molar-refractivity contribution < 1.29 is 14.7 Å². The quantitative estimate of drug-likeness (QED) is 0.748. The van der Waals surface area contributed by atoms with Crippen molar-refractivity contribution in [2.24, 2.45) is 5.73 Å². The zero-order valence-electron chi connectivity index (χ0n) is 10.6. The number of unbranched alkanes of at least 4 members (excludes halogenated alkanes) is 1. The Morgan fingerprint density at radius 2 is 2.16 bits per heavy atom. The number of anilines is 1. The maximum atomic E-state index is 11.9. The molecule has 0 aromatic heterocycles. The molecule has 0 saturated carbocycles. The summed E-state index contributed by atoms with van der Waals surface area (Å²) < 4.78 is 0.517. The maximum absolute atomic E-state index is 11.9. The van der Waals surface area contributed by atoms with Gasteiger partial charge >= 0.3 is 5.97 Å². The topological polar surface area (TPSA) is 92.4 Å². The zero-order valence-corrected chi connectivity index (χ0v) is 12.2. The summed E-state index contributed by atoms with van der Waals surface area (Å²) in [5.41, 5.74) is 6.03. The van der Waals surface area contributed by atoms with Crippen LogP contribution < -0.4 is 11.1 Å². The molecule has 0 fully saturated rings. The van der Waals surface area contributed by atoms with E-state index in [1.54, 1.807) is 12.1 Å². The highest BCUT2D eigenvalue weighted by atomic mass is 79.9. The highest BCUT2D eigenvalue weighted by Crippen LogP contribution is 2.26. The second-order valence-electron chi connectivity index (χ2n) is 4.21. The Bertz CT molecular complexity index is 477. The summed E-state index contributed by atoms with van der Waals surface area (Å²) >= 11 is 3.23. The third kappa shape index (κ3) is 4.33. The van der Waals surface area contributed by atoms with Gasteiger partial charge in [0.25, 0.3) is 0 Å². The summed E-state index contributed by atoms with van der Waals surface area (Å²) in [4.78, 5) is 23.0. The van der Waals surface area contributed by atoms with Crippen LogP contribution in [0.5, 0.6) is 0 Å². The number of carbonyl (C=O) groups excluding carboxylic acids is 1. The van der Waals surface area contributed by atoms with Gasteiger partial charge in [0.1, 0.15) is 0 Å². The van der Waals surface area contributed by atoms with E-state index < -0.39 is 12.0 Å². The normalized spacial score (nSPS) is 11.9. The van der Waals surface area contributed by atoms with E-state index in [-0.39, 0.29) is 17.2 Å². The summed E-state index contributed by atoms with van der Waals surface area (Å²) in [7, 11) is 0. The molecule has 0 bridgehead atoms. The number of para-hydroxylation sites is 1. The maximum Gasteiger partial charge on any atom is 0.337 e. The van der Waals surface area contributed by atoms with Crippen molar-refractivity contribution in [3.05, 3.63) is 28.2 Å². The summed E-state index contributed by atoms with van der Waals surface area (Å²) in [6.07, 6.45) is 2.39. The number of halogens is 1. The van der Waals surface area contributed by atoms with E-state index in [1.165, 1.54) is 6.07 Å². The van der Waals surface area contributed by atoms with Crippen LogP contribution >= 0.6 is 15.9 Å². The van der Waals surface area contributed by atoms with Gasteiger partial charge in [-0.1, -0.05) is 25.8 Å². The second kappa shape index (κ2) is 7.25. The van der Waals surface area contributed by atoms with E-state index in [0.717, 1.165) is 12.8 Å². The van der Waals surface area contributed by atoms with E-state index in [4.69, 9.17) is 10.8 Å². The van der Waals surface area contributed by atoms with Crippen molar-refractivity contribution in [2.45, 2.75) is 32.2 Å². The number of benzene rings is 1. The zero-order chi connectivity index (χ0) is 14.4. The van der Waals surface area contributed by atoms with Crippen LogP contribution in [0.4, 0.5) is 5.69 Å². The SMILES string of the molecule is CCCCC(N)C(=O)Nc1c(Br)cccc1C(=O)O. The Labute approximate surface area is 120 Å². The van der Waals surface area contributed by atoms with E-state index in [1.807, 2.05) is 6.92 Å². The number of hydrogen-bond donors (Lipinski definition) is 3. The number of rotatable bonds is 6. The number of nitrogens with two attached hydrogens (primary N) is 1. The van der Waals surface area contributed by atoms with E-state index in [0.29, 0.717) is 10.9 Å². The molecule has 0 aliphatic carbocycles. The molecule has 0 radical (unpaired) electrons. The molecule has 1 aromatic carbocycles. The van der Waals surface area contributed by atoms with Crippen LogP contribution in [0, 0.1) is 0 Å². The number of hydrogen-bond acceptors (Lipinski definition) is 3. The van der Waals surface area contributed by atoms with E-state index in [2.05, 4.69) is 21.2 Å². The van der Waals surface area contributed by atoms with Gasteiger partial charge in [0.2, 0.25) is 5.91 Å². The van der Waals surface area contributed by atoms with Crippen LogP contribution in [0.1, 0.15) is 36.5 Å². The first kappa shape index (κ1) is 15.7. The van der Waals surface area contributed by atoms with Gasteiger partial charge in [-0.3, -0.25) is 4.79 Å². The molecule has 4 N–H and O–H groups in total. The number of aromatic carboxylic acids is 1. The Balaban J connectivity index is 2.87. The molecule has 1 aromatic rings. The first-order valence-corrected chi connectivity index (χ1v) is 6.85. The van der Waals surface area contributed by atoms with Gasteiger partial charge in [0, 0.05) is 4.47 Å². The summed E-state index contributed by atoms with van der Waals surface area (Å²) in [6, 6.07) is 4.06. The molecular formula is C13H17BrN2O3. The molecular weight excluding hydrogens is 312 g/mol. The molecule has 1 amide bonds. The van der Waals surface area contributed by atoms with Gasteiger partial charge < -0.3 is 16.2 Å². The molecule has 0 aliphatic rings. The molecule has 5 nitrogen and oxygen atoms in total. The number of carboxylic acids is 1. The molecule has 6 heteroatoms. The van der Waals surface area contributed by atoms with E-state index >= 15 is 0 Å². The largest absolute Gasteiger partial charge is 0.478 e. The van der Waals surface area contributed by atoms with Crippen molar-refractivity contribution >= 4 is 33.5 Å². The third-order valence-electron chi connectivity index (χ3n) is 2.70. The van der Waals surface area contributed by atoms with Gasteiger partial charge in [-0.05, 0) is 34.5 Å². The number of amides is 1. The molecule has 1 rings (SSSR count). The lowest BCUT2D eigenvalue weighted by Gasteiger charge is -2.14. The number of carbonyl (C=O) groups is 2. The minimum Gasteiger partial charge on any atom is -0.478 e. The molecule has 1 atom stereocenters. The number of nitrogens with one attached hydrogen (secondary N) is 1. The van der Waals surface area contributed by atoms with Crippen molar-refractivity contribution in [1.29, 1.82) is 0 Å². The van der Waals surface area contributed by atoms with Gasteiger partial charge in [0.05, 0.1) is 17.3 Å². The average Bonchev–Trinajstić information content (AvgIpc) is 2.37. The fourth-order valence-corrected chi connectivity index (χ4v) is 2.07. The average molecular weight is 329 g/mol. The van der Waals surface area contributed by atoms with Crippen LogP contribution in [0.15, 0.2) is 22.7 Å². The number of carboxylic acid groups (broad SMARTS) is 1. The minimum absolute atomic E-state index is 0.0328. The summed E-state index contributed by atoms with van der Waals surface area (Å²) in [5, 5.41) is 11.7. The molecule has 0 saturated heterocycles. The van der Waals surface area contributed by atoms with Gasteiger partial charge in [-0.25, -0.2) is 4.79 Å². The molecule has 1 unspecified atom stereocenters. The van der Waals surface area contributed by atoms with Crippen molar-refractivity contribution in [1.82, 2.24) is 0 Å². The Hall–Kier alpha value is -1.40. The van der Waals surface area contributed by atoms with Gasteiger partial charge in [-0.2, -0.15) is 0 Å². The lowest BCUT2D eigenvalue weighted by atomic mass is 10.1. The lowest BCUT2D eigenvalue weighted by Crippen LogP contribution is -2.36. The fourth-order valence-electron chi connectivity index (χ4n) is 1.60. The van der Waals surface area contributed by atoms with Crippen molar-refractivity contribution in [3.63, 3.8) is 0 Å². The first-order valence-electron chi connectivity index (χ1n) is 6.05. The summed E-state index contributed by atoms with van der Waals surface area (Å²) in [6.45, 7) is 2.01. The van der Waals surface area contributed by atoms with Crippen molar-refractivity contribution in [3.8, 4) is 0 Å². The smallest absolute Gasteiger partial charge is 0.337 e. The highest BCUT2D eigenvalue weighted by Gasteiger charge is 2.18. The predicted octanol–water partition coefficient (Wildman–Crippen LogP) is 2.60. The molecule has 104 valence electrons. The van der Waals surface area contributed by atoms with Gasteiger partial charge in [0.15, 0.2) is 0 Å². The second-order valence-corrected chi connectivity index (χ2v) is 5.06. The fraction of sp³-hybridized carbons (Fsp3) is 0.385. The lowest BCUT2D eigenvalue weighted by molar-refractivity contribution is -0.117. The Morgan fingerprint density at radius 1 is 1.47 bits per heavy atom. The first-order chi connectivity index (χ1) is 8.97.